The number of carbonyl (C=O) groups is 2. The van der Waals surface area contributed by atoms with Crippen LogP contribution in [0.5, 0.6) is 0 Å². The number of ketones is 2. The maximum atomic E-state index is 12.9. The molecule has 0 saturated heterocycles. The van der Waals surface area contributed by atoms with Gasteiger partial charge in [-0.3, -0.25) is 9.59 Å². The van der Waals surface area contributed by atoms with E-state index in [1.54, 1.807) is 35.9 Å². The van der Waals surface area contributed by atoms with Crippen molar-refractivity contribution in [2.75, 3.05) is 7.11 Å². The number of aromatic nitrogens is 1. The van der Waals surface area contributed by atoms with Crippen LogP contribution in [0.3, 0.4) is 0 Å². The van der Waals surface area contributed by atoms with Gasteiger partial charge in [0.05, 0.1) is 11.1 Å². The molecule has 4 rings (SSSR count). The highest BCUT2D eigenvalue weighted by Gasteiger charge is 2.35. The number of carbonyl (C=O) groups excluding carboxylic acids is 2. The fourth-order valence-electron chi connectivity index (χ4n) is 3.17. The maximum absolute atomic E-state index is 12.9. The summed E-state index contributed by atoms with van der Waals surface area (Å²) in [6.07, 6.45) is 0. The van der Waals surface area contributed by atoms with Gasteiger partial charge in [-0.25, -0.2) is 0 Å². The van der Waals surface area contributed by atoms with E-state index in [1.807, 2.05) is 24.3 Å². The second kappa shape index (κ2) is 4.64. The third-order valence-electron chi connectivity index (χ3n) is 4.09. The Morgan fingerprint density at radius 2 is 1.55 bits per heavy atom. The molecule has 0 spiro atoms. The Labute approximate surface area is 126 Å². The van der Waals surface area contributed by atoms with Gasteiger partial charge in [0.15, 0.2) is 5.78 Å². The predicted octanol–water partition coefficient (Wildman–Crippen LogP) is 3.02. The number of para-hydroxylation sites is 1. The van der Waals surface area contributed by atoms with Crippen molar-refractivity contribution >= 4 is 22.5 Å². The van der Waals surface area contributed by atoms with E-state index in [0.717, 1.165) is 10.9 Å². The first kappa shape index (κ1) is 13.0. The zero-order valence-corrected chi connectivity index (χ0v) is 12.0. The molecule has 2 aromatic carbocycles. The Kier molecular flexibility index (Phi) is 2.74. The monoisotopic (exact) mass is 291 g/mol. The van der Waals surface area contributed by atoms with Crippen LogP contribution in [-0.2, 0) is 11.5 Å². The molecule has 0 N–H and O–H groups in total. The predicted molar refractivity (Wildman–Crippen MR) is 82.3 cm³/mol. The lowest BCUT2D eigenvalue weighted by atomic mass is 9.87. The van der Waals surface area contributed by atoms with Gasteiger partial charge in [-0.2, -0.15) is 0 Å². The van der Waals surface area contributed by atoms with E-state index in [1.165, 1.54) is 0 Å². The number of benzene rings is 2. The second-order valence-corrected chi connectivity index (χ2v) is 5.29. The van der Waals surface area contributed by atoms with Crippen molar-refractivity contribution in [2.45, 2.75) is 6.73 Å². The Hall–Kier alpha value is -2.72. The first-order valence-electron chi connectivity index (χ1n) is 7.02. The largest absolute Gasteiger partial charge is 0.364 e. The summed E-state index contributed by atoms with van der Waals surface area (Å²) in [6.45, 7) is 0.233. The van der Waals surface area contributed by atoms with Crippen LogP contribution in [0.15, 0.2) is 48.5 Å². The van der Waals surface area contributed by atoms with Gasteiger partial charge >= 0.3 is 0 Å². The van der Waals surface area contributed by atoms with Gasteiger partial charge in [-0.1, -0.05) is 42.5 Å². The summed E-state index contributed by atoms with van der Waals surface area (Å²) in [7, 11) is 1.57. The van der Waals surface area contributed by atoms with E-state index < -0.39 is 0 Å². The highest BCUT2D eigenvalue weighted by atomic mass is 16.5. The average Bonchev–Trinajstić information content (AvgIpc) is 2.88. The zero-order chi connectivity index (χ0) is 15.3. The van der Waals surface area contributed by atoms with Crippen LogP contribution in [0.25, 0.3) is 10.9 Å². The zero-order valence-electron chi connectivity index (χ0n) is 12.0. The summed E-state index contributed by atoms with van der Waals surface area (Å²) < 4.78 is 7.01. The Balaban J connectivity index is 2.13. The second-order valence-electron chi connectivity index (χ2n) is 5.29. The molecule has 0 atom stereocenters. The number of ether oxygens (including phenoxy) is 1. The SMILES string of the molecule is COCn1c2c(c3ccccc31)C(=O)c1ccccc1C2=O. The standard InChI is InChI=1S/C18H13NO3/c1-22-10-19-14-9-5-4-8-13(14)15-16(19)18(21)12-7-3-2-6-11(12)17(15)20/h2-9H,10H2,1H3. The normalized spacial score (nSPS) is 13.3. The number of fused-ring (bicyclic) bond motifs is 4. The van der Waals surface area contributed by atoms with Crippen molar-refractivity contribution in [1.29, 1.82) is 0 Å². The summed E-state index contributed by atoms with van der Waals surface area (Å²) in [5.41, 5.74) is 2.67. The molecule has 0 aliphatic heterocycles. The van der Waals surface area contributed by atoms with E-state index in [-0.39, 0.29) is 18.3 Å². The average molecular weight is 291 g/mol. The minimum atomic E-state index is -0.126. The van der Waals surface area contributed by atoms with Crippen molar-refractivity contribution < 1.29 is 14.3 Å². The highest BCUT2D eigenvalue weighted by molar-refractivity contribution is 6.32. The van der Waals surface area contributed by atoms with Gasteiger partial charge in [-0.05, 0) is 6.07 Å². The lowest BCUT2D eigenvalue weighted by Gasteiger charge is -2.16. The molecule has 4 heteroatoms. The Morgan fingerprint density at radius 1 is 0.909 bits per heavy atom. The molecule has 0 fully saturated rings. The van der Waals surface area contributed by atoms with Crippen LogP contribution in [0.1, 0.15) is 32.0 Å². The number of methoxy groups -OCH3 is 1. The molecule has 0 radical (unpaired) electrons. The fraction of sp³-hybridized carbons (Fsp3) is 0.111. The van der Waals surface area contributed by atoms with Crippen LogP contribution in [0, 0.1) is 0 Å². The van der Waals surface area contributed by atoms with Crippen LogP contribution in [-0.4, -0.2) is 23.2 Å². The van der Waals surface area contributed by atoms with Crippen molar-refractivity contribution in [3.05, 3.63) is 70.9 Å². The van der Waals surface area contributed by atoms with Crippen LogP contribution in [0.2, 0.25) is 0 Å². The molecule has 22 heavy (non-hydrogen) atoms. The lowest BCUT2D eigenvalue weighted by molar-refractivity contribution is 0.0951. The summed E-state index contributed by atoms with van der Waals surface area (Å²) in [4.78, 5) is 25.8. The van der Waals surface area contributed by atoms with Gasteiger partial charge < -0.3 is 9.30 Å². The van der Waals surface area contributed by atoms with Gasteiger partial charge in [-0.15, -0.1) is 0 Å². The molecule has 1 aliphatic rings. The molecule has 4 nitrogen and oxygen atoms in total. The van der Waals surface area contributed by atoms with Crippen LogP contribution < -0.4 is 0 Å². The molecule has 0 unspecified atom stereocenters. The van der Waals surface area contributed by atoms with Gasteiger partial charge in [0.2, 0.25) is 5.78 Å². The van der Waals surface area contributed by atoms with Crippen molar-refractivity contribution in [2.24, 2.45) is 0 Å². The molecule has 0 bridgehead atoms. The minimum Gasteiger partial charge on any atom is -0.364 e. The number of hydrogen-bond donors (Lipinski definition) is 0. The van der Waals surface area contributed by atoms with Crippen molar-refractivity contribution in [1.82, 2.24) is 4.57 Å². The molecule has 1 aromatic heterocycles. The van der Waals surface area contributed by atoms with Crippen molar-refractivity contribution in [3.63, 3.8) is 0 Å². The molecule has 0 amide bonds. The molecule has 3 aromatic rings. The fourth-order valence-corrected chi connectivity index (χ4v) is 3.17. The molecular formula is C18H13NO3. The first-order chi connectivity index (χ1) is 10.7. The molecule has 0 saturated carbocycles. The summed E-state index contributed by atoms with van der Waals surface area (Å²) >= 11 is 0. The van der Waals surface area contributed by atoms with Gasteiger partial charge in [0, 0.05) is 23.6 Å². The van der Waals surface area contributed by atoms with Crippen LogP contribution >= 0.6 is 0 Å². The third kappa shape index (κ3) is 1.55. The van der Waals surface area contributed by atoms with Gasteiger partial charge in [0.1, 0.15) is 12.4 Å². The lowest BCUT2D eigenvalue weighted by Crippen LogP contribution is -2.23. The summed E-state index contributed by atoms with van der Waals surface area (Å²) in [5, 5.41) is 0.794. The smallest absolute Gasteiger partial charge is 0.210 e. The maximum Gasteiger partial charge on any atom is 0.210 e. The van der Waals surface area contributed by atoms with E-state index in [0.29, 0.717) is 22.4 Å². The van der Waals surface area contributed by atoms with E-state index in [9.17, 15) is 9.59 Å². The molecule has 1 heterocycles. The summed E-state index contributed by atoms with van der Waals surface area (Å²) in [6, 6.07) is 14.5. The quantitative estimate of drug-likeness (QED) is 0.570. The van der Waals surface area contributed by atoms with Crippen molar-refractivity contribution in [3.8, 4) is 0 Å². The third-order valence-corrected chi connectivity index (χ3v) is 4.09. The minimum absolute atomic E-state index is 0.101. The molecule has 1 aliphatic carbocycles. The molecular weight excluding hydrogens is 278 g/mol. The Morgan fingerprint density at radius 3 is 2.27 bits per heavy atom. The highest BCUT2D eigenvalue weighted by Crippen LogP contribution is 2.34. The number of rotatable bonds is 2. The van der Waals surface area contributed by atoms with Crippen LogP contribution in [0.4, 0.5) is 0 Å². The van der Waals surface area contributed by atoms with Gasteiger partial charge in [0.25, 0.3) is 0 Å². The summed E-state index contributed by atoms with van der Waals surface area (Å²) in [5.74, 6) is -0.227. The molecule has 108 valence electrons. The van der Waals surface area contributed by atoms with E-state index in [4.69, 9.17) is 4.74 Å². The van der Waals surface area contributed by atoms with E-state index >= 15 is 0 Å². The number of nitrogens with zero attached hydrogens (tertiary/aromatic N) is 1. The van der Waals surface area contributed by atoms with E-state index in [2.05, 4.69) is 0 Å². The Bertz CT molecular complexity index is 937. The first-order valence-corrected chi connectivity index (χ1v) is 7.02. The topological polar surface area (TPSA) is 48.3 Å². The number of hydrogen-bond acceptors (Lipinski definition) is 3.